The van der Waals surface area contributed by atoms with Gasteiger partial charge in [-0.05, 0) is 19.4 Å². The normalized spacial score (nSPS) is 20.7. The Hall–Kier alpha value is -0.610. The van der Waals surface area contributed by atoms with E-state index in [1.165, 1.54) is 22.1 Å². The van der Waals surface area contributed by atoms with Crippen LogP contribution in [0.25, 0.3) is 0 Å². The molecule has 1 fully saturated rings. The summed E-state index contributed by atoms with van der Waals surface area (Å²) in [6.45, 7) is 12.3. The largest absolute Gasteiger partial charge is 0.348 e. The van der Waals surface area contributed by atoms with Gasteiger partial charge in [0.2, 0.25) is 0 Å². The Labute approximate surface area is 115 Å². The summed E-state index contributed by atoms with van der Waals surface area (Å²) in [6.07, 6.45) is 1.30. The molecule has 1 aromatic heterocycles. The summed E-state index contributed by atoms with van der Waals surface area (Å²) in [4.78, 5) is 8.76. The van der Waals surface area contributed by atoms with Crippen LogP contribution in [0.3, 0.4) is 0 Å². The van der Waals surface area contributed by atoms with Gasteiger partial charge in [0.25, 0.3) is 0 Å². The van der Waals surface area contributed by atoms with Crippen LogP contribution >= 0.6 is 11.3 Å². The lowest BCUT2D eigenvalue weighted by Crippen LogP contribution is -2.20. The molecule has 0 radical (unpaired) electrons. The van der Waals surface area contributed by atoms with E-state index in [4.69, 9.17) is 4.98 Å². The van der Waals surface area contributed by atoms with Gasteiger partial charge < -0.3 is 10.2 Å². The topological polar surface area (TPSA) is 28.2 Å². The Bertz CT molecular complexity index is 406. The third-order valence-corrected chi connectivity index (χ3v) is 4.54. The van der Waals surface area contributed by atoms with Crippen molar-refractivity contribution in [1.82, 2.24) is 10.3 Å². The molecule has 0 aromatic carbocycles. The minimum Gasteiger partial charge on any atom is -0.348 e. The van der Waals surface area contributed by atoms with Crippen molar-refractivity contribution >= 4 is 16.5 Å². The summed E-state index contributed by atoms with van der Waals surface area (Å²) in [5, 5.41) is 4.48. The average molecular weight is 267 g/mol. The molecule has 0 aliphatic carbocycles. The summed E-state index contributed by atoms with van der Waals surface area (Å²) in [5.41, 5.74) is 1.39. The van der Waals surface area contributed by atoms with Gasteiger partial charge in [-0.1, -0.05) is 27.7 Å². The number of thiazole rings is 1. The summed E-state index contributed by atoms with van der Waals surface area (Å²) in [7, 11) is 2.00. The molecule has 0 saturated carbocycles. The van der Waals surface area contributed by atoms with Gasteiger partial charge in [-0.3, -0.25) is 0 Å². The van der Waals surface area contributed by atoms with Crippen molar-refractivity contribution in [3.05, 3.63) is 10.6 Å². The van der Waals surface area contributed by atoms with E-state index in [1.54, 1.807) is 0 Å². The third-order valence-electron chi connectivity index (χ3n) is 3.43. The molecular weight excluding hydrogens is 242 g/mol. The van der Waals surface area contributed by atoms with Gasteiger partial charge >= 0.3 is 0 Å². The van der Waals surface area contributed by atoms with E-state index in [-0.39, 0.29) is 5.41 Å². The van der Waals surface area contributed by atoms with Gasteiger partial charge in [0.1, 0.15) is 0 Å². The highest BCUT2D eigenvalue weighted by Gasteiger charge is 2.27. The van der Waals surface area contributed by atoms with Gasteiger partial charge in [-0.2, -0.15) is 0 Å². The number of nitrogens with one attached hydrogen (secondary N) is 1. The molecule has 1 saturated heterocycles. The highest BCUT2D eigenvalue weighted by molar-refractivity contribution is 7.15. The van der Waals surface area contributed by atoms with Crippen LogP contribution in [0.1, 0.15) is 44.7 Å². The van der Waals surface area contributed by atoms with Crippen molar-refractivity contribution in [3.63, 3.8) is 0 Å². The van der Waals surface area contributed by atoms with Crippen molar-refractivity contribution in [2.45, 2.75) is 46.1 Å². The van der Waals surface area contributed by atoms with Crippen LogP contribution in [0, 0.1) is 5.92 Å². The summed E-state index contributed by atoms with van der Waals surface area (Å²) >= 11 is 1.86. The quantitative estimate of drug-likeness (QED) is 0.912. The van der Waals surface area contributed by atoms with Crippen LogP contribution in [0.5, 0.6) is 0 Å². The smallest absolute Gasteiger partial charge is 0.185 e. The predicted molar refractivity (Wildman–Crippen MR) is 79.6 cm³/mol. The summed E-state index contributed by atoms with van der Waals surface area (Å²) < 4.78 is 0. The summed E-state index contributed by atoms with van der Waals surface area (Å²) in [5.74, 6) is 0.805. The molecule has 0 amide bonds. The van der Waals surface area contributed by atoms with E-state index in [0.29, 0.717) is 0 Å². The molecule has 2 heterocycles. The first-order valence-electron chi connectivity index (χ1n) is 6.81. The molecule has 0 bridgehead atoms. The Balaban J connectivity index is 2.27. The van der Waals surface area contributed by atoms with E-state index in [9.17, 15) is 0 Å². The number of anilines is 1. The summed E-state index contributed by atoms with van der Waals surface area (Å²) in [6, 6.07) is 0. The van der Waals surface area contributed by atoms with Crippen LogP contribution in [0.15, 0.2) is 0 Å². The van der Waals surface area contributed by atoms with Gasteiger partial charge in [0, 0.05) is 29.9 Å². The Morgan fingerprint density at radius 1 is 1.44 bits per heavy atom. The highest BCUT2D eigenvalue weighted by Crippen LogP contribution is 2.35. The standard InChI is InChI=1S/C14H25N3S/c1-10-6-7-17(9-10)13-16-12(14(2,3)4)11(18-13)8-15-5/h10,15H,6-9H2,1-5H3. The molecule has 1 atom stereocenters. The van der Waals surface area contributed by atoms with Crippen molar-refractivity contribution < 1.29 is 0 Å². The van der Waals surface area contributed by atoms with Crippen LogP contribution in [-0.2, 0) is 12.0 Å². The van der Waals surface area contributed by atoms with Crippen LogP contribution in [0.4, 0.5) is 5.13 Å². The second-order valence-electron chi connectivity index (χ2n) is 6.39. The van der Waals surface area contributed by atoms with E-state index < -0.39 is 0 Å². The Kier molecular flexibility index (Phi) is 3.97. The van der Waals surface area contributed by atoms with Crippen LogP contribution in [0.2, 0.25) is 0 Å². The fourth-order valence-electron chi connectivity index (χ4n) is 2.45. The molecule has 2 rings (SSSR count). The van der Waals surface area contributed by atoms with Gasteiger partial charge in [-0.15, -0.1) is 11.3 Å². The molecule has 3 nitrogen and oxygen atoms in total. The predicted octanol–water partition coefficient (Wildman–Crippen LogP) is 3.01. The first kappa shape index (κ1) is 13.8. The van der Waals surface area contributed by atoms with E-state index in [2.05, 4.69) is 37.9 Å². The lowest BCUT2D eigenvalue weighted by molar-refractivity contribution is 0.563. The number of hydrogen-bond acceptors (Lipinski definition) is 4. The SMILES string of the molecule is CNCc1sc(N2CCC(C)C2)nc1C(C)(C)C. The lowest BCUT2D eigenvalue weighted by Gasteiger charge is -2.18. The van der Waals surface area contributed by atoms with Crippen LogP contribution < -0.4 is 10.2 Å². The molecule has 1 aromatic rings. The number of nitrogens with zero attached hydrogens (tertiary/aromatic N) is 2. The molecule has 1 aliphatic rings. The Morgan fingerprint density at radius 2 is 2.17 bits per heavy atom. The molecule has 0 spiro atoms. The first-order chi connectivity index (χ1) is 8.41. The molecule has 102 valence electrons. The number of hydrogen-bond donors (Lipinski definition) is 1. The fraction of sp³-hybridized carbons (Fsp3) is 0.786. The minimum absolute atomic E-state index is 0.131. The van der Waals surface area contributed by atoms with Gasteiger partial charge in [0.05, 0.1) is 5.69 Å². The molecular formula is C14H25N3S. The van der Waals surface area contributed by atoms with Crippen molar-refractivity contribution in [2.75, 3.05) is 25.0 Å². The van der Waals surface area contributed by atoms with Crippen molar-refractivity contribution in [2.24, 2.45) is 5.92 Å². The number of rotatable bonds is 3. The second kappa shape index (κ2) is 5.17. The van der Waals surface area contributed by atoms with Crippen LogP contribution in [-0.4, -0.2) is 25.1 Å². The molecule has 1 N–H and O–H groups in total. The zero-order chi connectivity index (χ0) is 13.3. The first-order valence-corrected chi connectivity index (χ1v) is 7.63. The maximum absolute atomic E-state index is 4.92. The zero-order valence-corrected chi connectivity index (χ0v) is 13.0. The minimum atomic E-state index is 0.131. The molecule has 1 unspecified atom stereocenters. The van der Waals surface area contributed by atoms with Gasteiger partial charge in [0.15, 0.2) is 5.13 Å². The average Bonchev–Trinajstić information content (AvgIpc) is 2.84. The zero-order valence-electron chi connectivity index (χ0n) is 12.2. The monoisotopic (exact) mass is 267 g/mol. The van der Waals surface area contributed by atoms with E-state index in [1.807, 2.05) is 18.4 Å². The second-order valence-corrected chi connectivity index (χ2v) is 7.45. The van der Waals surface area contributed by atoms with Crippen molar-refractivity contribution in [1.29, 1.82) is 0 Å². The highest BCUT2D eigenvalue weighted by atomic mass is 32.1. The van der Waals surface area contributed by atoms with E-state index >= 15 is 0 Å². The third kappa shape index (κ3) is 2.86. The lowest BCUT2D eigenvalue weighted by atomic mass is 9.91. The molecule has 4 heteroatoms. The number of aromatic nitrogens is 1. The van der Waals surface area contributed by atoms with Crippen molar-refractivity contribution in [3.8, 4) is 0 Å². The fourth-order valence-corrected chi connectivity index (χ4v) is 3.77. The maximum atomic E-state index is 4.92. The Morgan fingerprint density at radius 3 is 2.67 bits per heavy atom. The van der Waals surface area contributed by atoms with E-state index in [0.717, 1.165) is 25.6 Å². The molecule has 1 aliphatic heterocycles. The van der Waals surface area contributed by atoms with Gasteiger partial charge in [-0.25, -0.2) is 4.98 Å². The molecule has 18 heavy (non-hydrogen) atoms. The maximum Gasteiger partial charge on any atom is 0.185 e.